The molecule has 11 heavy (non-hydrogen) atoms. The van der Waals surface area contributed by atoms with Crippen LogP contribution in [0, 0.1) is 5.92 Å². The molecule has 0 aromatic carbocycles. The molecule has 1 saturated carbocycles. The summed E-state index contributed by atoms with van der Waals surface area (Å²) in [6.45, 7) is 0. The van der Waals surface area contributed by atoms with E-state index in [1.807, 2.05) is 0 Å². The van der Waals surface area contributed by atoms with E-state index in [0.29, 0.717) is 0 Å². The highest BCUT2D eigenvalue weighted by Gasteiger charge is 2.27. The van der Waals surface area contributed by atoms with Crippen molar-refractivity contribution < 1.29 is 13.5 Å². The van der Waals surface area contributed by atoms with E-state index in [1.54, 1.807) is 0 Å². The molecule has 1 aliphatic rings. The largest absolute Gasteiger partial charge is 0.392 e. The number of nitrogens with two attached hydrogens (primary N) is 1. The molecule has 1 unspecified atom stereocenters. The Labute approximate surface area is 66.5 Å². The first-order chi connectivity index (χ1) is 4.99. The molecule has 1 atom stereocenters. The molecule has 0 bridgehead atoms. The SMILES string of the molecule is NS(=O)(=O)CC(O)C1CCC1. The van der Waals surface area contributed by atoms with Crippen molar-refractivity contribution in [2.45, 2.75) is 25.4 Å². The van der Waals surface area contributed by atoms with Gasteiger partial charge in [-0.2, -0.15) is 0 Å². The van der Waals surface area contributed by atoms with Crippen LogP contribution in [0.3, 0.4) is 0 Å². The number of aliphatic hydroxyl groups is 1. The van der Waals surface area contributed by atoms with Crippen LogP contribution in [0.15, 0.2) is 0 Å². The average molecular weight is 179 g/mol. The highest BCUT2D eigenvalue weighted by molar-refractivity contribution is 7.89. The van der Waals surface area contributed by atoms with Crippen LogP contribution in [-0.4, -0.2) is 25.4 Å². The Morgan fingerprint density at radius 2 is 2.09 bits per heavy atom. The van der Waals surface area contributed by atoms with E-state index in [2.05, 4.69) is 0 Å². The van der Waals surface area contributed by atoms with Gasteiger partial charge in [-0.25, -0.2) is 13.6 Å². The number of primary sulfonamides is 1. The Morgan fingerprint density at radius 3 is 2.36 bits per heavy atom. The van der Waals surface area contributed by atoms with E-state index >= 15 is 0 Å². The fraction of sp³-hybridized carbons (Fsp3) is 1.00. The van der Waals surface area contributed by atoms with Crippen molar-refractivity contribution in [2.24, 2.45) is 11.1 Å². The van der Waals surface area contributed by atoms with Gasteiger partial charge in [-0.1, -0.05) is 6.42 Å². The third kappa shape index (κ3) is 2.76. The van der Waals surface area contributed by atoms with Gasteiger partial charge in [-0.3, -0.25) is 0 Å². The van der Waals surface area contributed by atoms with E-state index < -0.39 is 16.1 Å². The summed E-state index contributed by atoms with van der Waals surface area (Å²) in [7, 11) is -3.49. The summed E-state index contributed by atoms with van der Waals surface area (Å²) in [6.07, 6.45) is 2.19. The Morgan fingerprint density at radius 1 is 1.55 bits per heavy atom. The number of aliphatic hydroxyl groups excluding tert-OH is 1. The summed E-state index contributed by atoms with van der Waals surface area (Å²) in [5.74, 6) is -0.133. The van der Waals surface area contributed by atoms with Gasteiger partial charge < -0.3 is 5.11 Å². The van der Waals surface area contributed by atoms with Crippen molar-refractivity contribution in [3.63, 3.8) is 0 Å². The zero-order chi connectivity index (χ0) is 8.48. The standard InChI is InChI=1S/C6H13NO3S/c7-11(9,10)4-6(8)5-2-1-3-5/h5-6,8H,1-4H2,(H2,7,9,10). The first kappa shape index (κ1) is 8.96. The second-order valence-corrected chi connectivity index (χ2v) is 4.75. The maximum atomic E-state index is 10.5. The molecule has 4 nitrogen and oxygen atoms in total. The van der Waals surface area contributed by atoms with Crippen LogP contribution in [0.2, 0.25) is 0 Å². The number of hydrogen-bond acceptors (Lipinski definition) is 3. The molecule has 0 aliphatic heterocycles. The topological polar surface area (TPSA) is 80.4 Å². The number of sulfonamides is 1. The molecule has 1 aliphatic carbocycles. The second-order valence-electron chi connectivity index (χ2n) is 3.09. The highest BCUT2D eigenvalue weighted by atomic mass is 32.2. The molecule has 1 fully saturated rings. The van der Waals surface area contributed by atoms with Crippen LogP contribution in [0.5, 0.6) is 0 Å². The lowest BCUT2D eigenvalue weighted by atomic mass is 9.82. The molecule has 1 rings (SSSR count). The lowest BCUT2D eigenvalue weighted by molar-refractivity contribution is 0.0803. The Bertz CT molecular complexity index is 220. The minimum absolute atomic E-state index is 0.160. The summed E-state index contributed by atoms with van der Waals surface area (Å²) in [4.78, 5) is 0. The first-order valence-corrected chi connectivity index (χ1v) is 5.39. The van der Waals surface area contributed by atoms with Gasteiger partial charge in [0.1, 0.15) is 0 Å². The normalized spacial score (nSPS) is 22.7. The minimum atomic E-state index is -3.49. The zero-order valence-corrected chi connectivity index (χ0v) is 7.05. The van der Waals surface area contributed by atoms with Crippen LogP contribution in [0.25, 0.3) is 0 Å². The third-order valence-corrected chi connectivity index (χ3v) is 2.90. The van der Waals surface area contributed by atoms with Crippen molar-refractivity contribution in [3.8, 4) is 0 Å². The predicted molar refractivity (Wildman–Crippen MR) is 41.3 cm³/mol. The van der Waals surface area contributed by atoms with Crippen LogP contribution in [0.4, 0.5) is 0 Å². The molecule has 0 heterocycles. The molecule has 5 heteroatoms. The van der Waals surface area contributed by atoms with Crippen LogP contribution in [0.1, 0.15) is 19.3 Å². The van der Waals surface area contributed by atoms with Gasteiger partial charge in [0.2, 0.25) is 10.0 Å². The summed E-state index contributed by atoms with van der Waals surface area (Å²) in [5, 5.41) is 14.0. The quantitative estimate of drug-likeness (QED) is 0.609. The lowest BCUT2D eigenvalue weighted by Gasteiger charge is -2.29. The molecule has 0 amide bonds. The molecular weight excluding hydrogens is 166 g/mol. The maximum Gasteiger partial charge on any atom is 0.211 e. The molecule has 0 aromatic heterocycles. The van der Waals surface area contributed by atoms with Gasteiger partial charge in [-0.05, 0) is 18.8 Å². The molecular formula is C6H13NO3S. The van der Waals surface area contributed by atoms with Gasteiger partial charge >= 0.3 is 0 Å². The minimum Gasteiger partial charge on any atom is -0.392 e. The summed E-state index contributed by atoms with van der Waals surface area (Å²) < 4.78 is 21.0. The molecule has 0 aromatic rings. The van der Waals surface area contributed by atoms with E-state index in [-0.39, 0.29) is 11.7 Å². The van der Waals surface area contributed by atoms with Crippen molar-refractivity contribution in [1.29, 1.82) is 0 Å². The van der Waals surface area contributed by atoms with Crippen molar-refractivity contribution in [1.82, 2.24) is 0 Å². The van der Waals surface area contributed by atoms with Crippen LogP contribution in [-0.2, 0) is 10.0 Å². The van der Waals surface area contributed by atoms with E-state index in [0.717, 1.165) is 19.3 Å². The third-order valence-electron chi connectivity index (χ3n) is 2.10. The van der Waals surface area contributed by atoms with Gasteiger partial charge in [-0.15, -0.1) is 0 Å². The Hall–Kier alpha value is -0.130. The average Bonchev–Trinajstić information content (AvgIpc) is 1.50. The smallest absolute Gasteiger partial charge is 0.211 e. The molecule has 0 saturated heterocycles. The maximum absolute atomic E-state index is 10.5. The van der Waals surface area contributed by atoms with Gasteiger partial charge in [0.05, 0.1) is 11.9 Å². The summed E-state index contributed by atoms with van der Waals surface area (Å²) in [6, 6.07) is 0. The van der Waals surface area contributed by atoms with E-state index in [9.17, 15) is 13.5 Å². The molecule has 66 valence electrons. The summed E-state index contributed by atoms with van der Waals surface area (Å²) >= 11 is 0. The van der Waals surface area contributed by atoms with Gasteiger partial charge in [0, 0.05) is 0 Å². The molecule has 0 spiro atoms. The molecule has 0 radical (unpaired) electrons. The monoisotopic (exact) mass is 179 g/mol. The van der Waals surface area contributed by atoms with E-state index in [4.69, 9.17) is 5.14 Å². The van der Waals surface area contributed by atoms with Crippen LogP contribution < -0.4 is 5.14 Å². The first-order valence-electron chi connectivity index (χ1n) is 3.67. The zero-order valence-electron chi connectivity index (χ0n) is 6.23. The Kier molecular flexibility index (Phi) is 2.51. The fourth-order valence-corrected chi connectivity index (χ4v) is 1.95. The van der Waals surface area contributed by atoms with Crippen molar-refractivity contribution in [2.75, 3.05) is 5.75 Å². The lowest BCUT2D eigenvalue weighted by Crippen LogP contribution is -2.35. The second kappa shape index (κ2) is 3.08. The van der Waals surface area contributed by atoms with Crippen molar-refractivity contribution >= 4 is 10.0 Å². The number of rotatable bonds is 3. The van der Waals surface area contributed by atoms with Crippen molar-refractivity contribution in [3.05, 3.63) is 0 Å². The van der Waals surface area contributed by atoms with Gasteiger partial charge in [0.15, 0.2) is 0 Å². The molecule has 3 N–H and O–H groups in total. The number of hydrogen-bond donors (Lipinski definition) is 2. The van der Waals surface area contributed by atoms with E-state index in [1.165, 1.54) is 0 Å². The summed E-state index contributed by atoms with van der Waals surface area (Å²) in [5.41, 5.74) is 0. The highest BCUT2D eigenvalue weighted by Crippen LogP contribution is 2.29. The van der Waals surface area contributed by atoms with Gasteiger partial charge in [0.25, 0.3) is 0 Å². The Balaban J connectivity index is 2.36. The predicted octanol–water partition coefficient (Wildman–Crippen LogP) is -0.564. The van der Waals surface area contributed by atoms with Crippen LogP contribution >= 0.6 is 0 Å². The fourth-order valence-electron chi connectivity index (χ4n) is 1.20.